The molecule has 18 heavy (non-hydrogen) atoms. The van der Waals surface area contributed by atoms with Crippen LogP contribution in [0, 0.1) is 11.3 Å². The van der Waals surface area contributed by atoms with Crippen molar-refractivity contribution >= 4 is 5.91 Å². The molecule has 0 aliphatic heterocycles. The monoisotopic (exact) mass is 257 g/mol. The average Bonchev–Trinajstić information content (AvgIpc) is 2.20. The zero-order valence-electron chi connectivity index (χ0n) is 13.1. The lowest BCUT2D eigenvalue weighted by Crippen LogP contribution is -2.51. The lowest BCUT2D eigenvalue weighted by molar-refractivity contribution is -0.124. The first-order valence-electron chi connectivity index (χ1n) is 6.75. The van der Waals surface area contributed by atoms with Crippen molar-refractivity contribution in [1.29, 1.82) is 0 Å². The number of likely N-dealkylation sites (N-methyl/N-ethyl adjacent to an activating group) is 1. The number of hydrogen-bond donors (Lipinski definition) is 2. The molecule has 0 aliphatic carbocycles. The van der Waals surface area contributed by atoms with Crippen LogP contribution in [0.4, 0.5) is 0 Å². The van der Waals surface area contributed by atoms with Crippen molar-refractivity contribution in [2.45, 2.75) is 53.1 Å². The number of amides is 1. The second-order valence-electron chi connectivity index (χ2n) is 6.84. The van der Waals surface area contributed by atoms with Gasteiger partial charge in [0.1, 0.15) is 0 Å². The Labute approximate surface area is 112 Å². The third-order valence-electron chi connectivity index (χ3n) is 3.20. The topological polar surface area (TPSA) is 58.4 Å². The SMILES string of the molecule is CC(C)CC(CNC(=O)[C@H](N)C(C)(C)C)N(C)C. The molecule has 1 unspecified atom stereocenters. The Kier molecular flexibility index (Phi) is 6.86. The molecule has 0 fully saturated rings. The third kappa shape index (κ3) is 6.36. The first-order valence-corrected chi connectivity index (χ1v) is 6.75. The molecule has 1 amide bonds. The minimum Gasteiger partial charge on any atom is -0.353 e. The van der Waals surface area contributed by atoms with E-state index in [-0.39, 0.29) is 11.3 Å². The van der Waals surface area contributed by atoms with Gasteiger partial charge in [0.25, 0.3) is 0 Å². The molecule has 0 heterocycles. The van der Waals surface area contributed by atoms with Gasteiger partial charge in [0.05, 0.1) is 6.04 Å². The van der Waals surface area contributed by atoms with Crippen LogP contribution in [0.1, 0.15) is 41.0 Å². The molecular formula is C14H31N3O. The molecule has 0 saturated heterocycles. The zero-order chi connectivity index (χ0) is 14.5. The van der Waals surface area contributed by atoms with Gasteiger partial charge < -0.3 is 16.0 Å². The third-order valence-corrected chi connectivity index (χ3v) is 3.20. The van der Waals surface area contributed by atoms with Crippen molar-refractivity contribution < 1.29 is 4.79 Å². The highest BCUT2D eigenvalue weighted by Crippen LogP contribution is 2.17. The Bertz CT molecular complexity index is 256. The zero-order valence-corrected chi connectivity index (χ0v) is 13.1. The van der Waals surface area contributed by atoms with E-state index in [1.165, 1.54) is 0 Å². The fraction of sp³-hybridized carbons (Fsp3) is 0.929. The number of carbonyl (C=O) groups excluding carboxylic acids is 1. The van der Waals surface area contributed by atoms with Gasteiger partial charge in [-0.15, -0.1) is 0 Å². The van der Waals surface area contributed by atoms with Crippen molar-refractivity contribution in [3.8, 4) is 0 Å². The van der Waals surface area contributed by atoms with E-state index in [0.717, 1.165) is 6.42 Å². The maximum absolute atomic E-state index is 11.9. The largest absolute Gasteiger partial charge is 0.353 e. The summed E-state index contributed by atoms with van der Waals surface area (Å²) < 4.78 is 0. The van der Waals surface area contributed by atoms with Gasteiger partial charge in [0.15, 0.2) is 0 Å². The molecule has 4 heteroatoms. The van der Waals surface area contributed by atoms with Crippen molar-refractivity contribution in [1.82, 2.24) is 10.2 Å². The van der Waals surface area contributed by atoms with E-state index < -0.39 is 6.04 Å². The Morgan fingerprint density at radius 3 is 2.11 bits per heavy atom. The number of nitrogens with one attached hydrogen (secondary N) is 1. The Morgan fingerprint density at radius 2 is 1.78 bits per heavy atom. The number of hydrogen-bond acceptors (Lipinski definition) is 3. The summed E-state index contributed by atoms with van der Waals surface area (Å²) >= 11 is 0. The molecule has 0 aromatic heterocycles. The summed E-state index contributed by atoms with van der Waals surface area (Å²) in [5, 5.41) is 2.97. The second kappa shape index (κ2) is 7.10. The van der Waals surface area contributed by atoms with Gasteiger partial charge in [-0.05, 0) is 31.8 Å². The molecule has 2 atom stereocenters. The average molecular weight is 257 g/mol. The maximum Gasteiger partial charge on any atom is 0.237 e. The summed E-state index contributed by atoms with van der Waals surface area (Å²) in [4.78, 5) is 14.1. The van der Waals surface area contributed by atoms with Gasteiger partial charge in [0, 0.05) is 12.6 Å². The number of nitrogens with zero attached hydrogens (tertiary/aromatic N) is 1. The molecule has 0 aliphatic rings. The van der Waals surface area contributed by atoms with E-state index in [0.29, 0.717) is 18.5 Å². The van der Waals surface area contributed by atoms with Crippen LogP contribution in [0.25, 0.3) is 0 Å². The fourth-order valence-electron chi connectivity index (χ4n) is 1.74. The van der Waals surface area contributed by atoms with Gasteiger partial charge in [-0.3, -0.25) is 4.79 Å². The Morgan fingerprint density at radius 1 is 1.28 bits per heavy atom. The summed E-state index contributed by atoms with van der Waals surface area (Å²) in [7, 11) is 4.09. The lowest BCUT2D eigenvalue weighted by atomic mass is 9.87. The van der Waals surface area contributed by atoms with Crippen molar-refractivity contribution in [2.75, 3.05) is 20.6 Å². The summed E-state index contributed by atoms with van der Waals surface area (Å²) in [6.45, 7) is 11.0. The number of nitrogens with two attached hydrogens (primary N) is 1. The molecule has 0 radical (unpaired) electrons. The van der Waals surface area contributed by atoms with Crippen LogP contribution in [0.2, 0.25) is 0 Å². The summed E-state index contributed by atoms with van der Waals surface area (Å²) in [6, 6.07) is -0.0968. The fourth-order valence-corrected chi connectivity index (χ4v) is 1.74. The molecule has 3 N–H and O–H groups in total. The van der Waals surface area contributed by atoms with E-state index in [2.05, 4.69) is 24.1 Å². The van der Waals surface area contributed by atoms with Crippen LogP contribution in [0.5, 0.6) is 0 Å². The highest BCUT2D eigenvalue weighted by Gasteiger charge is 2.27. The molecule has 0 rings (SSSR count). The molecule has 0 saturated carbocycles. The van der Waals surface area contributed by atoms with E-state index in [1.54, 1.807) is 0 Å². The van der Waals surface area contributed by atoms with Crippen LogP contribution < -0.4 is 11.1 Å². The van der Waals surface area contributed by atoms with Crippen molar-refractivity contribution in [3.63, 3.8) is 0 Å². The molecule has 4 nitrogen and oxygen atoms in total. The molecule has 0 aromatic carbocycles. The predicted molar refractivity (Wildman–Crippen MR) is 77.4 cm³/mol. The first-order chi connectivity index (χ1) is 8.05. The molecular weight excluding hydrogens is 226 g/mol. The van der Waals surface area contributed by atoms with E-state index in [9.17, 15) is 4.79 Å². The van der Waals surface area contributed by atoms with Gasteiger partial charge in [-0.1, -0.05) is 34.6 Å². The van der Waals surface area contributed by atoms with E-state index in [1.807, 2.05) is 34.9 Å². The Hall–Kier alpha value is -0.610. The summed E-state index contributed by atoms with van der Waals surface area (Å²) in [5.74, 6) is 0.559. The highest BCUT2D eigenvalue weighted by molar-refractivity contribution is 5.82. The maximum atomic E-state index is 11.9. The standard InChI is InChI=1S/C14H31N3O/c1-10(2)8-11(17(6)7)9-16-13(18)12(15)14(3,4)5/h10-12H,8-9,15H2,1-7H3,(H,16,18)/t11?,12-/m0/s1. The first kappa shape index (κ1) is 17.4. The Balaban J connectivity index is 4.32. The van der Waals surface area contributed by atoms with E-state index in [4.69, 9.17) is 5.73 Å². The predicted octanol–water partition coefficient (Wildman–Crippen LogP) is 1.45. The summed E-state index contributed by atoms with van der Waals surface area (Å²) in [5.41, 5.74) is 5.73. The second-order valence-corrected chi connectivity index (χ2v) is 6.84. The summed E-state index contributed by atoms with van der Waals surface area (Å²) in [6.07, 6.45) is 1.07. The van der Waals surface area contributed by atoms with Crippen molar-refractivity contribution in [3.05, 3.63) is 0 Å². The van der Waals surface area contributed by atoms with Crippen molar-refractivity contribution in [2.24, 2.45) is 17.1 Å². The minimum atomic E-state index is -0.459. The smallest absolute Gasteiger partial charge is 0.237 e. The normalized spacial score (nSPS) is 15.9. The van der Waals surface area contributed by atoms with Crippen LogP contribution in [-0.2, 0) is 4.79 Å². The van der Waals surface area contributed by atoms with Crippen LogP contribution in [0.15, 0.2) is 0 Å². The number of rotatable bonds is 6. The van der Waals surface area contributed by atoms with Gasteiger partial charge in [-0.2, -0.15) is 0 Å². The van der Waals surface area contributed by atoms with Crippen LogP contribution in [-0.4, -0.2) is 43.5 Å². The van der Waals surface area contributed by atoms with Gasteiger partial charge in [-0.25, -0.2) is 0 Å². The quantitative estimate of drug-likeness (QED) is 0.757. The van der Waals surface area contributed by atoms with Crippen LogP contribution >= 0.6 is 0 Å². The molecule has 0 spiro atoms. The lowest BCUT2D eigenvalue weighted by Gasteiger charge is -2.29. The number of carbonyl (C=O) groups is 1. The molecule has 0 aromatic rings. The molecule has 0 bridgehead atoms. The molecule has 108 valence electrons. The van der Waals surface area contributed by atoms with E-state index >= 15 is 0 Å². The highest BCUT2D eigenvalue weighted by atomic mass is 16.2. The van der Waals surface area contributed by atoms with Crippen LogP contribution in [0.3, 0.4) is 0 Å². The minimum absolute atomic E-state index is 0.0573. The van der Waals surface area contributed by atoms with Gasteiger partial charge >= 0.3 is 0 Å². The van der Waals surface area contributed by atoms with Gasteiger partial charge in [0.2, 0.25) is 5.91 Å².